The van der Waals surface area contributed by atoms with Gasteiger partial charge in [0.1, 0.15) is 0 Å². The van der Waals surface area contributed by atoms with Gasteiger partial charge in [-0.15, -0.1) is 0 Å². The lowest BCUT2D eigenvalue weighted by Gasteiger charge is -2.31. The maximum Gasteiger partial charge on any atom is 0.272 e. The van der Waals surface area contributed by atoms with Crippen LogP contribution in [0.15, 0.2) is 36.7 Å². The third kappa shape index (κ3) is 5.81. The van der Waals surface area contributed by atoms with Crippen molar-refractivity contribution in [1.29, 1.82) is 0 Å². The molecule has 11 heteroatoms. The fourth-order valence-corrected chi connectivity index (χ4v) is 4.91. The molecule has 0 aliphatic carbocycles. The average Bonchev–Trinajstić information content (AvgIpc) is 3.59. The van der Waals surface area contributed by atoms with Gasteiger partial charge >= 0.3 is 0 Å². The first-order chi connectivity index (χ1) is 18.5. The Kier molecular flexibility index (Phi) is 7.60. The van der Waals surface area contributed by atoms with Crippen molar-refractivity contribution in [3.05, 3.63) is 48.2 Å². The summed E-state index contributed by atoms with van der Waals surface area (Å²) < 4.78 is 0. The second-order valence-corrected chi connectivity index (χ2v) is 9.62. The van der Waals surface area contributed by atoms with Crippen LogP contribution in [0.2, 0.25) is 0 Å². The topological polar surface area (TPSA) is 136 Å². The van der Waals surface area contributed by atoms with E-state index >= 15 is 0 Å². The Balaban J connectivity index is 1.09. The summed E-state index contributed by atoms with van der Waals surface area (Å²) in [5.74, 6) is 6.51. The summed E-state index contributed by atoms with van der Waals surface area (Å²) in [6.45, 7) is 2.91. The highest BCUT2D eigenvalue weighted by Gasteiger charge is 2.31. The Morgan fingerprint density at radius 3 is 2.66 bits per heavy atom. The van der Waals surface area contributed by atoms with Crippen LogP contribution in [0.3, 0.4) is 0 Å². The molecule has 2 aliphatic heterocycles. The second kappa shape index (κ2) is 11.4. The standard InChI is InChI=1S/C27H30N8O3/c1-28-27(38)25-21-15-20(4-5-22(21)32-33-25)31-26(37)19-9-12-34(16-19)17-24(36)35-13-7-18(8-14-35)3-6-23-29-10-2-11-30-23/h2,4-5,10-11,15,18-19H,7-9,12-14,16-17H2,1H3,(H,28,38)(H,31,37)(H,32,33)/t19-/m1/s1. The number of amides is 3. The van der Waals surface area contributed by atoms with Gasteiger partial charge in [-0.05, 0) is 56.0 Å². The largest absolute Gasteiger partial charge is 0.354 e. The number of nitrogens with zero attached hydrogens (tertiary/aromatic N) is 5. The van der Waals surface area contributed by atoms with Crippen LogP contribution < -0.4 is 10.6 Å². The van der Waals surface area contributed by atoms with E-state index in [-0.39, 0.29) is 35.3 Å². The van der Waals surface area contributed by atoms with Crippen molar-refractivity contribution in [2.24, 2.45) is 11.8 Å². The second-order valence-electron chi connectivity index (χ2n) is 9.62. The zero-order chi connectivity index (χ0) is 26.5. The Morgan fingerprint density at radius 2 is 1.89 bits per heavy atom. The Bertz CT molecular complexity index is 1390. The van der Waals surface area contributed by atoms with E-state index in [0.29, 0.717) is 61.6 Å². The van der Waals surface area contributed by atoms with Crippen molar-refractivity contribution >= 4 is 34.3 Å². The monoisotopic (exact) mass is 514 g/mol. The Labute approximate surface area is 220 Å². The van der Waals surface area contributed by atoms with Crippen molar-refractivity contribution in [2.75, 3.05) is 45.1 Å². The van der Waals surface area contributed by atoms with Crippen molar-refractivity contribution in [2.45, 2.75) is 19.3 Å². The molecule has 2 fully saturated rings. The van der Waals surface area contributed by atoms with Crippen LogP contribution in [0.25, 0.3) is 10.9 Å². The molecule has 5 rings (SSSR count). The first kappa shape index (κ1) is 25.4. The number of rotatable bonds is 5. The normalized spacial score (nSPS) is 18.1. The summed E-state index contributed by atoms with van der Waals surface area (Å²) >= 11 is 0. The van der Waals surface area contributed by atoms with Crippen molar-refractivity contribution in [3.63, 3.8) is 0 Å². The molecule has 2 saturated heterocycles. The van der Waals surface area contributed by atoms with E-state index in [1.54, 1.807) is 43.7 Å². The summed E-state index contributed by atoms with van der Waals surface area (Å²) in [5.41, 5.74) is 1.60. The summed E-state index contributed by atoms with van der Waals surface area (Å²) in [5, 5.41) is 13.1. The van der Waals surface area contributed by atoms with Crippen LogP contribution in [-0.2, 0) is 9.59 Å². The van der Waals surface area contributed by atoms with Gasteiger partial charge in [0.15, 0.2) is 5.69 Å². The maximum atomic E-state index is 12.9. The number of hydrogen-bond donors (Lipinski definition) is 3. The summed E-state index contributed by atoms with van der Waals surface area (Å²) in [4.78, 5) is 50.1. The van der Waals surface area contributed by atoms with E-state index in [0.717, 1.165) is 12.8 Å². The predicted octanol–water partition coefficient (Wildman–Crippen LogP) is 1.26. The van der Waals surface area contributed by atoms with Gasteiger partial charge in [-0.25, -0.2) is 9.97 Å². The molecule has 3 aromatic rings. The number of likely N-dealkylation sites (tertiary alicyclic amines) is 2. The van der Waals surface area contributed by atoms with Gasteiger partial charge in [0.05, 0.1) is 18.0 Å². The molecule has 0 bridgehead atoms. The number of nitrogens with one attached hydrogen (secondary N) is 3. The minimum atomic E-state index is -0.297. The van der Waals surface area contributed by atoms with Gasteiger partial charge in [0.2, 0.25) is 17.6 Å². The van der Waals surface area contributed by atoms with Crippen molar-refractivity contribution in [1.82, 2.24) is 35.3 Å². The molecule has 2 aliphatic rings. The minimum absolute atomic E-state index is 0.0916. The first-order valence-electron chi connectivity index (χ1n) is 12.8. The van der Waals surface area contributed by atoms with Gasteiger partial charge in [-0.3, -0.25) is 24.4 Å². The number of hydrogen-bond acceptors (Lipinski definition) is 7. The molecular formula is C27H30N8O3. The van der Waals surface area contributed by atoms with E-state index in [2.05, 4.69) is 42.6 Å². The van der Waals surface area contributed by atoms with Crippen LogP contribution in [-0.4, -0.2) is 87.5 Å². The smallest absolute Gasteiger partial charge is 0.272 e. The number of piperidine rings is 1. The van der Waals surface area contributed by atoms with Gasteiger partial charge in [0.25, 0.3) is 5.91 Å². The number of anilines is 1. The van der Waals surface area contributed by atoms with E-state index in [1.807, 2.05) is 9.80 Å². The molecule has 0 radical (unpaired) electrons. The molecule has 4 heterocycles. The molecule has 0 unspecified atom stereocenters. The van der Waals surface area contributed by atoms with E-state index in [4.69, 9.17) is 0 Å². The number of aromatic nitrogens is 4. The van der Waals surface area contributed by atoms with Crippen LogP contribution >= 0.6 is 0 Å². The summed E-state index contributed by atoms with van der Waals surface area (Å²) in [6.07, 6.45) is 5.71. The number of fused-ring (bicyclic) bond motifs is 1. The molecule has 1 atom stereocenters. The van der Waals surface area contributed by atoms with Crippen LogP contribution in [0, 0.1) is 23.7 Å². The van der Waals surface area contributed by atoms with E-state index in [1.165, 1.54) is 0 Å². The minimum Gasteiger partial charge on any atom is -0.354 e. The number of aromatic amines is 1. The number of carbonyl (C=O) groups is 3. The molecule has 11 nitrogen and oxygen atoms in total. The van der Waals surface area contributed by atoms with Crippen molar-refractivity contribution < 1.29 is 14.4 Å². The molecule has 2 aromatic heterocycles. The molecular weight excluding hydrogens is 484 g/mol. The van der Waals surface area contributed by atoms with Gasteiger partial charge in [0, 0.05) is 56.1 Å². The first-order valence-corrected chi connectivity index (χ1v) is 12.8. The molecule has 1 aromatic carbocycles. The zero-order valence-corrected chi connectivity index (χ0v) is 21.2. The lowest BCUT2D eigenvalue weighted by atomic mass is 9.97. The molecule has 3 amide bonds. The number of H-pyrrole nitrogens is 1. The highest BCUT2D eigenvalue weighted by Crippen LogP contribution is 2.24. The lowest BCUT2D eigenvalue weighted by molar-refractivity contribution is -0.133. The van der Waals surface area contributed by atoms with E-state index < -0.39 is 0 Å². The Hall–Kier alpha value is -4.30. The van der Waals surface area contributed by atoms with Crippen LogP contribution in [0.5, 0.6) is 0 Å². The van der Waals surface area contributed by atoms with Gasteiger partial charge < -0.3 is 15.5 Å². The quantitative estimate of drug-likeness (QED) is 0.436. The fourth-order valence-electron chi connectivity index (χ4n) is 4.91. The third-order valence-electron chi connectivity index (χ3n) is 7.08. The van der Waals surface area contributed by atoms with Gasteiger partial charge in [-0.1, -0.05) is 5.92 Å². The van der Waals surface area contributed by atoms with Crippen LogP contribution in [0.4, 0.5) is 5.69 Å². The van der Waals surface area contributed by atoms with Crippen molar-refractivity contribution in [3.8, 4) is 11.8 Å². The molecule has 3 N–H and O–H groups in total. The van der Waals surface area contributed by atoms with Crippen LogP contribution in [0.1, 0.15) is 35.6 Å². The van der Waals surface area contributed by atoms with E-state index in [9.17, 15) is 14.4 Å². The molecule has 38 heavy (non-hydrogen) atoms. The maximum absolute atomic E-state index is 12.9. The molecule has 0 spiro atoms. The number of carbonyl (C=O) groups excluding carboxylic acids is 3. The highest BCUT2D eigenvalue weighted by molar-refractivity contribution is 6.06. The average molecular weight is 515 g/mol. The highest BCUT2D eigenvalue weighted by atomic mass is 16.2. The summed E-state index contributed by atoms with van der Waals surface area (Å²) in [6, 6.07) is 7.08. The fraction of sp³-hybridized carbons (Fsp3) is 0.407. The number of benzene rings is 1. The Morgan fingerprint density at radius 1 is 1.11 bits per heavy atom. The third-order valence-corrected chi connectivity index (χ3v) is 7.08. The lowest BCUT2D eigenvalue weighted by Crippen LogP contribution is -2.43. The van der Waals surface area contributed by atoms with Gasteiger partial charge in [-0.2, -0.15) is 5.10 Å². The molecule has 0 saturated carbocycles. The molecule has 196 valence electrons. The zero-order valence-electron chi connectivity index (χ0n) is 21.2. The predicted molar refractivity (Wildman–Crippen MR) is 141 cm³/mol. The summed E-state index contributed by atoms with van der Waals surface area (Å²) in [7, 11) is 1.55. The SMILES string of the molecule is CNC(=O)c1n[nH]c2ccc(NC(=O)[C@@H]3CCN(CC(=O)N4CCC(C#Cc5ncccn5)CC4)C3)cc12.